The van der Waals surface area contributed by atoms with E-state index in [2.05, 4.69) is 30.2 Å². The quantitative estimate of drug-likeness (QED) is 0.475. The van der Waals surface area contributed by atoms with Crippen LogP contribution < -0.4 is 10.9 Å². The first kappa shape index (κ1) is 13.9. The fourth-order valence-electron chi connectivity index (χ4n) is 3.18. The average molecular weight is 405 g/mol. The normalized spacial score (nSPS) is 15.8. The summed E-state index contributed by atoms with van der Waals surface area (Å²) in [6.45, 7) is -3.03. The average Bonchev–Trinajstić information content (AvgIpc) is 3.29. The van der Waals surface area contributed by atoms with E-state index in [1.54, 1.807) is 30.3 Å². The number of aromatic nitrogens is 6. The summed E-state index contributed by atoms with van der Waals surface area (Å²) in [6, 6.07) is 8.89. The van der Waals surface area contributed by atoms with Gasteiger partial charge in [-0.3, -0.25) is 9.36 Å². The summed E-state index contributed by atoms with van der Waals surface area (Å²) in [5.41, 5.74) is 0.124. The maximum Gasteiger partial charge on any atom is 0.266 e. The number of imidazole rings is 1. The third kappa shape index (κ3) is 2.96. The van der Waals surface area contributed by atoms with Crippen LogP contribution in [0.15, 0.2) is 66.0 Å². The molecule has 0 aliphatic heterocycles. The molecule has 0 fully saturated rings. The molecule has 30 heavy (non-hydrogen) atoms. The minimum atomic E-state index is -3.03. The van der Waals surface area contributed by atoms with Gasteiger partial charge in [0.05, 0.1) is 30.3 Å². The van der Waals surface area contributed by atoms with Crippen molar-refractivity contribution in [3.05, 3.63) is 83.2 Å². The van der Waals surface area contributed by atoms with Crippen LogP contribution in [0.25, 0.3) is 27.8 Å². The van der Waals surface area contributed by atoms with Gasteiger partial charge in [-0.2, -0.15) is 0 Å². The van der Waals surface area contributed by atoms with Gasteiger partial charge in [0.2, 0.25) is 0 Å². The van der Waals surface area contributed by atoms with Crippen molar-refractivity contribution >= 4 is 27.9 Å². The first-order chi connectivity index (χ1) is 16.2. The van der Waals surface area contributed by atoms with Gasteiger partial charge in [-0.1, -0.05) is 18.2 Å². The molecule has 2 aromatic carbocycles. The maximum absolute atomic E-state index is 13.9. The van der Waals surface area contributed by atoms with E-state index in [4.69, 9.17) is 5.48 Å². The molecular weight excluding hydrogens is 385 g/mol. The topological polar surface area (TPSA) is 101 Å². The van der Waals surface area contributed by atoms with Gasteiger partial charge in [-0.05, 0) is 37.2 Å². The van der Waals surface area contributed by atoms with Crippen LogP contribution in [-0.2, 0) is 0 Å². The number of hydrogen-bond donors (Lipinski definition) is 2. The molecule has 3 heterocycles. The van der Waals surface area contributed by atoms with E-state index in [0.717, 1.165) is 16.7 Å². The molecule has 1 atom stereocenters. The number of benzene rings is 2. The lowest BCUT2D eigenvalue weighted by molar-refractivity contribution is 0.629. The van der Waals surface area contributed by atoms with Crippen LogP contribution in [-0.4, -0.2) is 29.5 Å². The Labute approximate surface area is 175 Å². The predicted octanol–water partition coefficient (Wildman–Crippen LogP) is 3.36. The highest BCUT2D eigenvalue weighted by Crippen LogP contribution is 2.23. The van der Waals surface area contributed by atoms with Gasteiger partial charge < -0.3 is 10.3 Å². The van der Waals surface area contributed by atoms with Crippen molar-refractivity contribution in [2.24, 2.45) is 0 Å². The number of fused-ring (bicyclic) bond motifs is 2. The molecule has 0 spiro atoms. The van der Waals surface area contributed by atoms with E-state index in [9.17, 15) is 9.18 Å². The third-order valence-electron chi connectivity index (χ3n) is 4.53. The summed E-state index contributed by atoms with van der Waals surface area (Å²) >= 11 is 0. The zero-order valence-corrected chi connectivity index (χ0v) is 15.3. The SMILES string of the molecule is [2H]C([2H])([2H])[C@]([2H])(Nc1ncnc2nc[nH]c12)c1nc2ccc(F)cc2c(=O)n1-c1ccccc1. The number of rotatable bonds is 4. The monoisotopic (exact) mass is 405 g/mol. The van der Waals surface area contributed by atoms with Crippen molar-refractivity contribution in [2.45, 2.75) is 12.9 Å². The van der Waals surface area contributed by atoms with Gasteiger partial charge in [-0.15, -0.1) is 0 Å². The van der Waals surface area contributed by atoms with Crippen LogP contribution in [0, 0.1) is 5.82 Å². The number of aromatic amines is 1. The van der Waals surface area contributed by atoms with Gasteiger partial charge in [-0.25, -0.2) is 24.3 Å². The molecule has 2 N–H and O–H groups in total. The highest BCUT2D eigenvalue weighted by molar-refractivity contribution is 5.82. The summed E-state index contributed by atoms with van der Waals surface area (Å²) in [4.78, 5) is 32.8. The molecule has 0 saturated carbocycles. The predicted molar refractivity (Wildman–Crippen MR) is 111 cm³/mol. The molecule has 5 aromatic rings. The van der Waals surface area contributed by atoms with Crippen molar-refractivity contribution in [3.8, 4) is 5.69 Å². The summed E-state index contributed by atoms with van der Waals surface area (Å²) in [5, 5.41) is 2.58. The molecule has 0 bridgehead atoms. The van der Waals surface area contributed by atoms with Gasteiger partial charge in [0, 0.05) is 4.11 Å². The lowest BCUT2D eigenvalue weighted by atomic mass is 10.2. The second-order valence-electron chi connectivity index (χ2n) is 6.40. The van der Waals surface area contributed by atoms with Gasteiger partial charge in [0.1, 0.15) is 23.5 Å². The van der Waals surface area contributed by atoms with E-state index in [-0.39, 0.29) is 33.6 Å². The lowest BCUT2D eigenvalue weighted by Gasteiger charge is -2.20. The summed E-state index contributed by atoms with van der Waals surface area (Å²) in [5.74, 6) is -1.08. The first-order valence-electron chi connectivity index (χ1n) is 10.9. The van der Waals surface area contributed by atoms with Crippen LogP contribution in [0.1, 0.15) is 24.2 Å². The molecule has 148 valence electrons. The van der Waals surface area contributed by atoms with Crippen molar-refractivity contribution in [2.75, 3.05) is 5.32 Å². The summed E-state index contributed by atoms with van der Waals surface area (Å²) in [6.07, 6.45) is 2.53. The second-order valence-corrected chi connectivity index (χ2v) is 6.40. The Hall–Kier alpha value is -4.14. The molecule has 0 aliphatic rings. The highest BCUT2D eigenvalue weighted by atomic mass is 19.1. The fraction of sp³-hybridized carbons (Fsp3) is 0.0952. The van der Waals surface area contributed by atoms with E-state index < -0.39 is 30.1 Å². The molecule has 8 nitrogen and oxygen atoms in total. The Morgan fingerprint density at radius 2 is 2.07 bits per heavy atom. The Morgan fingerprint density at radius 1 is 1.20 bits per heavy atom. The Kier molecular flexibility index (Phi) is 3.27. The Morgan fingerprint density at radius 3 is 2.90 bits per heavy atom. The van der Waals surface area contributed by atoms with E-state index in [1.165, 1.54) is 18.7 Å². The molecule has 3 aromatic heterocycles. The first-order valence-corrected chi connectivity index (χ1v) is 8.89. The highest BCUT2D eigenvalue weighted by Gasteiger charge is 2.20. The number of anilines is 1. The number of halogens is 1. The smallest absolute Gasteiger partial charge is 0.266 e. The minimum absolute atomic E-state index is 0.0123. The number of H-pyrrole nitrogens is 1. The second kappa shape index (κ2) is 7.03. The van der Waals surface area contributed by atoms with E-state index >= 15 is 0 Å². The largest absolute Gasteiger partial charge is 0.358 e. The molecule has 0 radical (unpaired) electrons. The lowest BCUT2D eigenvalue weighted by Crippen LogP contribution is -2.27. The maximum atomic E-state index is 13.9. The molecular formula is C21H16FN7O. The number of para-hydroxylation sites is 1. The Bertz CT molecular complexity index is 1590. The van der Waals surface area contributed by atoms with Crippen LogP contribution in [0.3, 0.4) is 0 Å². The molecule has 5 rings (SSSR count). The fourth-order valence-corrected chi connectivity index (χ4v) is 3.18. The van der Waals surface area contributed by atoms with Crippen molar-refractivity contribution in [3.63, 3.8) is 0 Å². The molecule has 0 unspecified atom stereocenters. The summed E-state index contributed by atoms with van der Waals surface area (Å²) in [7, 11) is 0. The molecule has 0 amide bonds. The zero-order valence-electron chi connectivity index (χ0n) is 19.3. The standard InChI is InChI=1S/C21H16FN7O/c1-12(27-19-17-18(24-10-23-17)25-11-26-19)20-28-16-8-7-13(22)9-15(16)21(30)29(20)14-5-3-2-4-6-14/h2-12H,1H3,(H2,23,24,25,26,27)/t12-/m0/s1/i1D3,12D. The third-order valence-corrected chi connectivity index (χ3v) is 4.53. The van der Waals surface area contributed by atoms with Crippen molar-refractivity contribution < 1.29 is 9.87 Å². The molecule has 0 saturated heterocycles. The number of nitrogens with one attached hydrogen (secondary N) is 2. The zero-order chi connectivity index (χ0) is 24.1. The van der Waals surface area contributed by atoms with E-state index in [1.807, 2.05) is 0 Å². The van der Waals surface area contributed by atoms with Crippen LogP contribution in [0.5, 0.6) is 0 Å². The molecule has 9 heteroatoms. The van der Waals surface area contributed by atoms with Gasteiger partial charge in [0.15, 0.2) is 11.5 Å². The minimum Gasteiger partial charge on any atom is -0.358 e. The van der Waals surface area contributed by atoms with Crippen molar-refractivity contribution in [1.29, 1.82) is 0 Å². The molecule has 0 aliphatic carbocycles. The Balaban J connectivity index is 1.84. The van der Waals surface area contributed by atoms with Crippen molar-refractivity contribution in [1.82, 2.24) is 29.5 Å². The summed E-state index contributed by atoms with van der Waals surface area (Å²) < 4.78 is 48.7. The number of nitrogens with zero attached hydrogens (tertiary/aromatic N) is 5. The van der Waals surface area contributed by atoms with Crippen LogP contribution in [0.2, 0.25) is 0 Å². The van der Waals surface area contributed by atoms with Gasteiger partial charge in [0.25, 0.3) is 5.56 Å². The van der Waals surface area contributed by atoms with Crippen LogP contribution in [0.4, 0.5) is 10.2 Å². The van der Waals surface area contributed by atoms with E-state index in [0.29, 0.717) is 0 Å². The van der Waals surface area contributed by atoms with Gasteiger partial charge >= 0.3 is 0 Å². The number of hydrogen-bond acceptors (Lipinski definition) is 6. The van der Waals surface area contributed by atoms with Crippen LogP contribution >= 0.6 is 0 Å².